The highest BCUT2D eigenvalue weighted by atomic mass is 32.2. The highest BCUT2D eigenvalue weighted by Gasteiger charge is 2.03. The number of nitrogens with one attached hydrogen (secondary N) is 1. The minimum atomic E-state index is 0.506. The van der Waals surface area contributed by atoms with Crippen molar-refractivity contribution in [2.24, 2.45) is 0 Å². The van der Waals surface area contributed by atoms with Crippen molar-refractivity contribution in [2.75, 3.05) is 12.3 Å². The minimum Gasteiger partial charge on any atom is -0.440 e. The van der Waals surface area contributed by atoms with Gasteiger partial charge in [0.05, 0.1) is 6.20 Å². The number of rotatable bonds is 5. The lowest BCUT2D eigenvalue weighted by Gasteiger charge is -2.09. The average molecular weight is 186 g/mol. The van der Waals surface area contributed by atoms with Crippen molar-refractivity contribution >= 4 is 11.8 Å². The molecule has 0 spiro atoms. The summed E-state index contributed by atoms with van der Waals surface area (Å²) in [6.07, 6.45) is 3.26. The molecule has 4 heteroatoms. The van der Waals surface area contributed by atoms with Gasteiger partial charge in [-0.15, -0.1) is 0 Å². The molecule has 1 heterocycles. The van der Waals surface area contributed by atoms with Crippen LogP contribution in [0.2, 0.25) is 0 Å². The van der Waals surface area contributed by atoms with E-state index in [0.29, 0.717) is 6.04 Å². The van der Waals surface area contributed by atoms with E-state index >= 15 is 0 Å². The largest absolute Gasteiger partial charge is 0.440 e. The van der Waals surface area contributed by atoms with Gasteiger partial charge in [-0.05, 0) is 13.5 Å². The van der Waals surface area contributed by atoms with Gasteiger partial charge >= 0.3 is 0 Å². The van der Waals surface area contributed by atoms with Crippen molar-refractivity contribution in [3.8, 4) is 0 Å². The fourth-order valence-corrected chi connectivity index (χ4v) is 1.65. The molecule has 1 atom stereocenters. The van der Waals surface area contributed by atoms with E-state index in [1.54, 1.807) is 24.2 Å². The number of aromatic nitrogens is 1. The molecule has 0 saturated heterocycles. The molecule has 1 N–H and O–H groups in total. The molecule has 0 fully saturated rings. The molecule has 1 rings (SSSR count). The topological polar surface area (TPSA) is 38.1 Å². The first-order valence-corrected chi connectivity index (χ1v) is 5.07. The van der Waals surface area contributed by atoms with Crippen LogP contribution in [0.5, 0.6) is 0 Å². The maximum atomic E-state index is 5.09. The Hall–Kier alpha value is -0.480. The van der Waals surface area contributed by atoms with Gasteiger partial charge in [0.15, 0.2) is 0 Å². The van der Waals surface area contributed by atoms with Crippen LogP contribution in [0.3, 0.4) is 0 Å². The normalized spacial score (nSPS) is 13.2. The smallest absolute Gasteiger partial charge is 0.255 e. The van der Waals surface area contributed by atoms with Crippen molar-refractivity contribution in [1.29, 1.82) is 0 Å². The van der Waals surface area contributed by atoms with Crippen LogP contribution in [0.1, 0.15) is 13.8 Å². The summed E-state index contributed by atoms with van der Waals surface area (Å²) < 4.78 is 5.09. The second kappa shape index (κ2) is 5.22. The molecular formula is C8H14N2OS. The van der Waals surface area contributed by atoms with Crippen LogP contribution >= 0.6 is 11.8 Å². The van der Waals surface area contributed by atoms with E-state index in [9.17, 15) is 0 Å². The Morgan fingerprint density at radius 2 is 2.58 bits per heavy atom. The van der Waals surface area contributed by atoms with E-state index in [0.717, 1.165) is 17.5 Å². The molecule has 0 amide bonds. The summed E-state index contributed by atoms with van der Waals surface area (Å²) in [6, 6.07) is 0.506. The molecule has 0 aliphatic carbocycles. The van der Waals surface area contributed by atoms with E-state index in [4.69, 9.17) is 4.42 Å². The van der Waals surface area contributed by atoms with Crippen LogP contribution in [0.25, 0.3) is 0 Å². The number of nitrogens with zero attached hydrogens (tertiary/aromatic N) is 1. The maximum Gasteiger partial charge on any atom is 0.255 e. The van der Waals surface area contributed by atoms with E-state index in [1.165, 1.54) is 0 Å². The van der Waals surface area contributed by atoms with Crippen LogP contribution in [0, 0.1) is 0 Å². The Balaban J connectivity index is 2.17. The molecule has 68 valence electrons. The SMILES string of the molecule is CCNC(C)CSc1ncco1. The van der Waals surface area contributed by atoms with Crippen molar-refractivity contribution in [3.63, 3.8) is 0 Å². The summed E-state index contributed by atoms with van der Waals surface area (Å²) in [5.74, 6) is 0.994. The number of hydrogen-bond donors (Lipinski definition) is 1. The van der Waals surface area contributed by atoms with Gasteiger partial charge in [0, 0.05) is 11.8 Å². The average Bonchev–Trinajstić information content (AvgIpc) is 2.53. The summed E-state index contributed by atoms with van der Waals surface area (Å²) >= 11 is 1.63. The van der Waals surface area contributed by atoms with Crippen LogP contribution in [0.4, 0.5) is 0 Å². The minimum absolute atomic E-state index is 0.506. The third-order valence-corrected chi connectivity index (χ3v) is 2.53. The standard InChI is InChI=1S/C8H14N2OS/c1-3-9-7(2)6-12-8-10-4-5-11-8/h4-5,7,9H,3,6H2,1-2H3. The van der Waals surface area contributed by atoms with Gasteiger partial charge in [0.1, 0.15) is 6.26 Å². The third kappa shape index (κ3) is 3.28. The van der Waals surface area contributed by atoms with Crippen molar-refractivity contribution in [3.05, 3.63) is 12.5 Å². The summed E-state index contributed by atoms with van der Waals surface area (Å²) in [6.45, 7) is 5.26. The van der Waals surface area contributed by atoms with Gasteiger partial charge in [-0.25, -0.2) is 4.98 Å². The van der Waals surface area contributed by atoms with Crippen molar-refractivity contribution in [2.45, 2.75) is 25.1 Å². The number of oxazole rings is 1. The Morgan fingerprint density at radius 3 is 3.17 bits per heavy atom. The van der Waals surface area contributed by atoms with Gasteiger partial charge < -0.3 is 9.73 Å². The molecule has 12 heavy (non-hydrogen) atoms. The molecule has 1 aromatic rings. The van der Waals surface area contributed by atoms with Gasteiger partial charge in [0.2, 0.25) is 0 Å². The predicted molar refractivity (Wildman–Crippen MR) is 50.4 cm³/mol. The fraction of sp³-hybridized carbons (Fsp3) is 0.625. The zero-order valence-corrected chi connectivity index (χ0v) is 8.23. The fourth-order valence-electron chi connectivity index (χ4n) is 0.885. The number of hydrogen-bond acceptors (Lipinski definition) is 4. The highest BCUT2D eigenvalue weighted by Crippen LogP contribution is 2.15. The second-order valence-electron chi connectivity index (χ2n) is 2.57. The summed E-state index contributed by atoms with van der Waals surface area (Å²) in [7, 11) is 0. The van der Waals surface area contributed by atoms with Crippen LogP contribution in [0.15, 0.2) is 22.1 Å². The van der Waals surface area contributed by atoms with E-state index in [2.05, 4.69) is 24.1 Å². The summed E-state index contributed by atoms with van der Waals surface area (Å²) in [5.41, 5.74) is 0. The van der Waals surface area contributed by atoms with Gasteiger partial charge in [-0.1, -0.05) is 18.7 Å². The van der Waals surface area contributed by atoms with Crippen LogP contribution in [-0.4, -0.2) is 23.3 Å². The van der Waals surface area contributed by atoms with E-state index < -0.39 is 0 Å². The van der Waals surface area contributed by atoms with Crippen molar-refractivity contribution in [1.82, 2.24) is 10.3 Å². The number of thioether (sulfide) groups is 1. The molecule has 0 aliphatic rings. The molecule has 0 saturated carbocycles. The molecule has 1 unspecified atom stereocenters. The molecule has 0 aliphatic heterocycles. The lowest BCUT2D eigenvalue weighted by atomic mass is 10.4. The first-order valence-electron chi connectivity index (χ1n) is 4.08. The summed E-state index contributed by atoms with van der Waals surface area (Å²) in [5, 5.41) is 4.07. The van der Waals surface area contributed by atoms with E-state index in [-0.39, 0.29) is 0 Å². The van der Waals surface area contributed by atoms with Crippen LogP contribution in [-0.2, 0) is 0 Å². The zero-order valence-electron chi connectivity index (χ0n) is 7.41. The molecule has 0 bridgehead atoms. The molecule has 0 aromatic carbocycles. The molecule has 1 aromatic heterocycles. The van der Waals surface area contributed by atoms with Crippen molar-refractivity contribution < 1.29 is 4.42 Å². The Labute approximate surface area is 76.9 Å². The van der Waals surface area contributed by atoms with E-state index in [1.807, 2.05) is 0 Å². The van der Waals surface area contributed by atoms with Gasteiger partial charge in [-0.3, -0.25) is 0 Å². The summed E-state index contributed by atoms with van der Waals surface area (Å²) in [4.78, 5) is 4.02. The van der Waals surface area contributed by atoms with Gasteiger partial charge in [0.25, 0.3) is 5.22 Å². The Kier molecular flexibility index (Phi) is 4.18. The maximum absolute atomic E-state index is 5.09. The quantitative estimate of drug-likeness (QED) is 0.711. The zero-order chi connectivity index (χ0) is 8.81. The highest BCUT2D eigenvalue weighted by molar-refractivity contribution is 7.99. The first-order chi connectivity index (χ1) is 5.83. The lowest BCUT2D eigenvalue weighted by Crippen LogP contribution is -2.27. The monoisotopic (exact) mass is 186 g/mol. The Bertz CT molecular complexity index is 201. The lowest BCUT2D eigenvalue weighted by molar-refractivity contribution is 0.453. The molecule has 3 nitrogen and oxygen atoms in total. The Morgan fingerprint density at radius 1 is 1.75 bits per heavy atom. The third-order valence-electron chi connectivity index (χ3n) is 1.42. The van der Waals surface area contributed by atoms with Crippen LogP contribution < -0.4 is 5.32 Å². The second-order valence-corrected chi connectivity index (χ2v) is 3.54. The van der Waals surface area contributed by atoms with Gasteiger partial charge in [-0.2, -0.15) is 0 Å². The molecular weight excluding hydrogens is 172 g/mol. The molecule has 0 radical (unpaired) electrons. The first kappa shape index (κ1) is 9.61. The predicted octanol–water partition coefficient (Wildman–Crippen LogP) is 1.76.